The number of hydrogen-bond acceptors (Lipinski definition) is 6. The maximum atomic E-state index is 12.9. The van der Waals surface area contributed by atoms with Gasteiger partial charge in [-0.1, -0.05) is 23.2 Å². The van der Waals surface area contributed by atoms with Crippen LogP contribution in [0.15, 0.2) is 34.1 Å². The van der Waals surface area contributed by atoms with Crippen molar-refractivity contribution in [3.63, 3.8) is 0 Å². The van der Waals surface area contributed by atoms with Crippen molar-refractivity contribution in [3.8, 4) is 5.88 Å². The molecule has 3 aromatic rings. The minimum absolute atomic E-state index is 0.0288. The van der Waals surface area contributed by atoms with Gasteiger partial charge < -0.3 is 19.1 Å². The number of amides is 1. The van der Waals surface area contributed by atoms with Crippen LogP contribution in [0.3, 0.4) is 0 Å². The summed E-state index contributed by atoms with van der Waals surface area (Å²) in [5.41, 5.74) is 0.615. The van der Waals surface area contributed by atoms with E-state index in [0.29, 0.717) is 28.9 Å². The van der Waals surface area contributed by atoms with E-state index in [9.17, 15) is 10.0 Å². The van der Waals surface area contributed by atoms with Gasteiger partial charge in [0.05, 0.1) is 35.1 Å². The van der Waals surface area contributed by atoms with Gasteiger partial charge in [0.15, 0.2) is 5.58 Å². The van der Waals surface area contributed by atoms with Crippen LogP contribution in [-0.4, -0.2) is 41.2 Å². The summed E-state index contributed by atoms with van der Waals surface area (Å²) >= 11 is 12.1. The molecule has 1 fully saturated rings. The molecule has 3 aromatic heterocycles. The summed E-state index contributed by atoms with van der Waals surface area (Å²) in [7, 11) is 1.48. The summed E-state index contributed by atoms with van der Waals surface area (Å²) in [6.45, 7) is 1.32. The average Bonchev–Trinajstić information content (AvgIpc) is 3.16. The lowest BCUT2D eigenvalue weighted by molar-refractivity contribution is 0.0810. The SMILES string of the molecule is COc1ncc(C(=O)N=c2c(Cl)cn(O)cc2Cl)c2cc(C3CCOCC3)oc12. The Morgan fingerprint density at radius 2 is 2.00 bits per heavy atom. The van der Waals surface area contributed by atoms with Crippen LogP contribution < -0.4 is 10.1 Å². The van der Waals surface area contributed by atoms with Crippen LogP contribution in [0.4, 0.5) is 0 Å². The first kappa shape index (κ1) is 19.8. The predicted octanol–water partition coefficient (Wildman–Crippen LogP) is 3.82. The molecule has 29 heavy (non-hydrogen) atoms. The second-order valence-electron chi connectivity index (χ2n) is 6.56. The molecular weight excluding hydrogens is 421 g/mol. The van der Waals surface area contributed by atoms with Gasteiger partial charge in [0.1, 0.15) is 11.1 Å². The van der Waals surface area contributed by atoms with Crippen molar-refractivity contribution in [3.05, 3.63) is 51.4 Å². The first-order valence-corrected chi connectivity index (χ1v) is 9.63. The molecule has 0 aliphatic carbocycles. The standard InChI is InChI=1S/C19H17Cl2N3O5/c1-27-19-17-11(6-15(29-17)10-2-4-28-5-3-10)12(7-22-19)18(25)23-16-13(20)8-24(26)9-14(16)21/h6-10,26H,2-5H2,1H3. The molecule has 1 N–H and O–H groups in total. The maximum Gasteiger partial charge on any atom is 0.279 e. The molecule has 0 atom stereocenters. The second-order valence-corrected chi connectivity index (χ2v) is 7.37. The predicted molar refractivity (Wildman–Crippen MR) is 105 cm³/mol. The Balaban J connectivity index is 1.82. The lowest BCUT2D eigenvalue weighted by atomic mass is 9.97. The number of carbonyl (C=O) groups excluding carboxylic acids is 1. The van der Waals surface area contributed by atoms with E-state index in [4.69, 9.17) is 37.1 Å². The molecule has 0 aromatic carbocycles. The second kappa shape index (κ2) is 8.06. The van der Waals surface area contributed by atoms with Gasteiger partial charge in [0.25, 0.3) is 11.8 Å². The van der Waals surface area contributed by atoms with Crippen LogP contribution >= 0.6 is 23.2 Å². The van der Waals surface area contributed by atoms with E-state index in [0.717, 1.165) is 18.6 Å². The van der Waals surface area contributed by atoms with Gasteiger partial charge >= 0.3 is 0 Å². The first-order chi connectivity index (χ1) is 14.0. The van der Waals surface area contributed by atoms with Crippen LogP contribution in [0.5, 0.6) is 5.88 Å². The molecule has 0 spiro atoms. The summed E-state index contributed by atoms with van der Waals surface area (Å²) in [6, 6.07) is 1.83. The molecule has 0 unspecified atom stereocenters. The molecule has 0 saturated carbocycles. The minimum atomic E-state index is -0.594. The molecule has 4 heterocycles. The van der Waals surface area contributed by atoms with Gasteiger partial charge in [0.2, 0.25) is 0 Å². The molecule has 8 nitrogen and oxygen atoms in total. The molecule has 0 bridgehead atoms. The van der Waals surface area contributed by atoms with Crippen molar-refractivity contribution in [1.82, 2.24) is 9.71 Å². The number of pyridine rings is 2. The van der Waals surface area contributed by atoms with E-state index in [1.807, 2.05) is 6.07 Å². The Morgan fingerprint density at radius 3 is 2.66 bits per heavy atom. The number of aromatic nitrogens is 2. The quantitative estimate of drug-likeness (QED) is 0.625. The summed E-state index contributed by atoms with van der Waals surface area (Å²) in [5, 5.41) is 10.1. The Morgan fingerprint density at radius 1 is 1.31 bits per heavy atom. The molecular formula is C19H17Cl2N3O5. The van der Waals surface area contributed by atoms with Crippen LogP contribution in [0.25, 0.3) is 11.0 Å². The number of methoxy groups -OCH3 is 1. The topological polar surface area (TPSA) is 99.1 Å². The van der Waals surface area contributed by atoms with Gasteiger partial charge in [-0.25, -0.2) is 9.98 Å². The fourth-order valence-corrected chi connectivity index (χ4v) is 3.83. The number of fused-ring (bicyclic) bond motifs is 1. The average molecular weight is 438 g/mol. The van der Waals surface area contributed by atoms with Crippen LogP contribution in [0.1, 0.15) is 34.9 Å². The fourth-order valence-electron chi connectivity index (χ4n) is 3.29. The van der Waals surface area contributed by atoms with E-state index in [2.05, 4.69) is 9.98 Å². The first-order valence-electron chi connectivity index (χ1n) is 8.87. The third-order valence-electron chi connectivity index (χ3n) is 4.75. The van der Waals surface area contributed by atoms with Gasteiger partial charge in [-0.2, -0.15) is 4.73 Å². The molecule has 152 valence electrons. The van der Waals surface area contributed by atoms with Gasteiger partial charge in [0, 0.05) is 30.7 Å². The Hall–Kier alpha value is -2.55. The van der Waals surface area contributed by atoms with Crippen molar-refractivity contribution < 1.29 is 23.9 Å². The van der Waals surface area contributed by atoms with Crippen LogP contribution in [0.2, 0.25) is 10.0 Å². The highest BCUT2D eigenvalue weighted by Crippen LogP contribution is 2.36. The highest BCUT2D eigenvalue weighted by molar-refractivity contribution is 6.34. The van der Waals surface area contributed by atoms with Crippen molar-refractivity contribution >= 4 is 40.1 Å². The lowest BCUT2D eigenvalue weighted by Crippen LogP contribution is -2.13. The molecule has 0 radical (unpaired) electrons. The lowest BCUT2D eigenvalue weighted by Gasteiger charge is -2.19. The Kier molecular flexibility index (Phi) is 5.49. The zero-order valence-electron chi connectivity index (χ0n) is 15.4. The zero-order valence-corrected chi connectivity index (χ0v) is 16.9. The summed E-state index contributed by atoms with van der Waals surface area (Å²) < 4.78 is 17.4. The van der Waals surface area contributed by atoms with E-state index >= 15 is 0 Å². The van der Waals surface area contributed by atoms with E-state index in [1.54, 1.807) is 0 Å². The Labute approximate surface area is 175 Å². The molecule has 1 saturated heterocycles. The van der Waals surface area contributed by atoms with Gasteiger partial charge in [-0.15, -0.1) is 0 Å². The smallest absolute Gasteiger partial charge is 0.279 e. The molecule has 4 rings (SSSR count). The van der Waals surface area contributed by atoms with Gasteiger partial charge in [-0.05, 0) is 18.9 Å². The van der Waals surface area contributed by atoms with Crippen molar-refractivity contribution in [1.29, 1.82) is 0 Å². The van der Waals surface area contributed by atoms with E-state index in [1.165, 1.54) is 25.7 Å². The van der Waals surface area contributed by atoms with E-state index in [-0.39, 0.29) is 32.8 Å². The molecule has 1 aliphatic rings. The van der Waals surface area contributed by atoms with Crippen LogP contribution in [-0.2, 0) is 4.74 Å². The van der Waals surface area contributed by atoms with Crippen molar-refractivity contribution in [2.45, 2.75) is 18.8 Å². The normalized spacial score (nSPS) is 14.9. The molecule has 10 heteroatoms. The number of ether oxygens (including phenoxy) is 2. The summed E-state index contributed by atoms with van der Waals surface area (Å²) in [4.78, 5) is 21.1. The highest BCUT2D eigenvalue weighted by atomic mass is 35.5. The number of nitrogens with zero attached hydrogens (tertiary/aromatic N) is 3. The Bertz CT molecular complexity index is 1120. The van der Waals surface area contributed by atoms with Gasteiger partial charge in [-0.3, -0.25) is 4.79 Å². The van der Waals surface area contributed by atoms with Crippen molar-refractivity contribution in [2.75, 3.05) is 20.3 Å². The third-order valence-corrected chi connectivity index (χ3v) is 5.30. The fraction of sp³-hybridized carbons (Fsp3) is 0.316. The number of halogens is 2. The maximum absolute atomic E-state index is 12.9. The van der Waals surface area contributed by atoms with Crippen molar-refractivity contribution in [2.24, 2.45) is 4.99 Å². The molecule has 1 aliphatic heterocycles. The monoisotopic (exact) mass is 437 g/mol. The summed E-state index contributed by atoms with van der Waals surface area (Å²) in [5.74, 6) is 0.635. The number of carbonyl (C=O) groups is 1. The number of rotatable bonds is 3. The minimum Gasteiger partial charge on any atom is -0.478 e. The number of furan rings is 1. The number of hydrogen-bond donors (Lipinski definition) is 1. The highest BCUT2D eigenvalue weighted by Gasteiger charge is 2.24. The largest absolute Gasteiger partial charge is 0.478 e. The summed E-state index contributed by atoms with van der Waals surface area (Å²) in [6.07, 6.45) is 5.41. The third kappa shape index (κ3) is 3.83. The van der Waals surface area contributed by atoms with E-state index < -0.39 is 5.91 Å². The zero-order chi connectivity index (χ0) is 20.5. The van der Waals surface area contributed by atoms with Crippen LogP contribution in [0, 0.1) is 0 Å². The molecule has 1 amide bonds.